The van der Waals surface area contributed by atoms with Gasteiger partial charge in [0.1, 0.15) is 11.3 Å². The van der Waals surface area contributed by atoms with Crippen molar-refractivity contribution in [1.82, 2.24) is 19.9 Å². The minimum Gasteiger partial charge on any atom is -0.348 e. The van der Waals surface area contributed by atoms with Crippen molar-refractivity contribution in [1.29, 1.82) is 0 Å². The highest BCUT2D eigenvalue weighted by Gasteiger charge is 2.14. The summed E-state index contributed by atoms with van der Waals surface area (Å²) in [5, 5.41) is 6.04. The van der Waals surface area contributed by atoms with Gasteiger partial charge in [0, 0.05) is 40.4 Å². The molecule has 6 nitrogen and oxygen atoms in total. The zero-order chi connectivity index (χ0) is 17.7. The molecular formula is C20H15N5O. The summed E-state index contributed by atoms with van der Waals surface area (Å²) in [4.78, 5) is 27.1. The van der Waals surface area contributed by atoms with Gasteiger partial charge in [-0.15, -0.1) is 0 Å². The van der Waals surface area contributed by atoms with Gasteiger partial charge in [0.2, 0.25) is 0 Å². The summed E-state index contributed by atoms with van der Waals surface area (Å²) in [7, 11) is 0. The number of aromatic nitrogens is 4. The summed E-state index contributed by atoms with van der Waals surface area (Å²) in [6.07, 6.45) is 5.17. The Morgan fingerprint density at radius 1 is 0.962 bits per heavy atom. The summed E-state index contributed by atoms with van der Waals surface area (Å²) in [5.74, 6) is 0.714. The number of rotatable bonds is 2. The van der Waals surface area contributed by atoms with E-state index in [1.54, 1.807) is 18.6 Å². The van der Waals surface area contributed by atoms with Crippen molar-refractivity contribution in [2.24, 2.45) is 0 Å². The molecule has 1 aromatic carbocycles. The van der Waals surface area contributed by atoms with E-state index in [1.807, 2.05) is 36.4 Å². The van der Waals surface area contributed by atoms with Crippen LogP contribution in [0.5, 0.6) is 0 Å². The Bertz CT molecular complexity index is 1330. The number of aryl methyl sites for hydroxylation is 1. The fourth-order valence-electron chi connectivity index (χ4n) is 3.27. The van der Waals surface area contributed by atoms with E-state index in [2.05, 4.69) is 27.2 Å². The van der Waals surface area contributed by atoms with E-state index in [0.717, 1.165) is 32.9 Å². The summed E-state index contributed by atoms with van der Waals surface area (Å²) < 4.78 is 0. The molecule has 0 unspecified atom stereocenters. The Morgan fingerprint density at radius 3 is 2.65 bits per heavy atom. The van der Waals surface area contributed by atoms with Crippen LogP contribution in [-0.4, -0.2) is 19.9 Å². The Morgan fingerprint density at radius 2 is 1.81 bits per heavy atom. The highest BCUT2D eigenvalue weighted by Crippen LogP contribution is 2.33. The van der Waals surface area contributed by atoms with E-state index >= 15 is 0 Å². The molecule has 0 fully saturated rings. The van der Waals surface area contributed by atoms with E-state index < -0.39 is 0 Å². The molecule has 0 saturated carbocycles. The van der Waals surface area contributed by atoms with Gasteiger partial charge in [0.25, 0.3) is 5.56 Å². The fraction of sp³-hybridized carbons (Fsp3) is 0.0500. The second-order valence-electron chi connectivity index (χ2n) is 6.32. The third kappa shape index (κ3) is 2.16. The summed E-state index contributed by atoms with van der Waals surface area (Å²) in [6.45, 7) is 2.05. The molecule has 26 heavy (non-hydrogen) atoms. The molecule has 0 radical (unpaired) electrons. The molecule has 3 N–H and O–H groups in total. The molecule has 0 spiro atoms. The highest BCUT2D eigenvalue weighted by atomic mass is 16.1. The topological polar surface area (TPSA) is 86.5 Å². The van der Waals surface area contributed by atoms with Gasteiger partial charge in [-0.2, -0.15) is 0 Å². The standard InChI is InChI=1S/C20H15N5O/c1-11-2-4-12(5-3-11)23-19-15-10-21-8-6-13(15)16-17(25-19)14-7-9-22-20(26)18(14)24-16/h2-10,24H,1H3,(H,22,26)(H,23,25). The van der Waals surface area contributed by atoms with Crippen LogP contribution in [0.1, 0.15) is 5.56 Å². The zero-order valence-corrected chi connectivity index (χ0v) is 14.0. The number of H-pyrrole nitrogens is 2. The summed E-state index contributed by atoms with van der Waals surface area (Å²) in [6, 6.07) is 11.9. The van der Waals surface area contributed by atoms with Crippen molar-refractivity contribution in [3.05, 3.63) is 70.9 Å². The molecule has 0 saturated heterocycles. The van der Waals surface area contributed by atoms with Gasteiger partial charge >= 0.3 is 0 Å². The number of hydrogen-bond acceptors (Lipinski definition) is 4. The molecule has 5 rings (SSSR count). The number of hydrogen-bond donors (Lipinski definition) is 3. The van der Waals surface area contributed by atoms with Gasteiger partial charge in [0.05, 0.1) is 11.0 Å². The molecule has 0 amide bonds. The molecular weight excluding hydrogens is 326 g/mol. The monoisotopic (exact) mass is 341 g/mol. The van der Waals surface area contributed by atoms with Crippen LogP contribution in [0.3, 0.4) is 0 Å². The van der Waals surface area contributed by atoms with E-state index in [0.29, 0.717) is 11.3 Å². The molecule has 0 aliphatic rings. The second kappa shape index (κ2) is 5.42. The second-order valence-corrected chi connectivity index (χ2v) is 6.32. The van der Waals surface area contributed by atoms with Crippen LogP contribution in [-0.2, 0) is 0 Å². The molecule has 0 aliphatic carbocycles. The summed E-state index contributed by atoms with van der Waals surface area (Å²) >= 11 is 0. The van der Waals surface area contributed by atoms with Crippen LogP contribution in [0, 0.1) is 6.92 Å². The SMILES string of the molecule is Cc1ccc(Nc2nc3c4cc[nH]c(=O)c4[nH]c3c3ccncc23)cc1. The van der Waals surface area contributed by atoms with Gasteiger partial charge < -0.3 is 15.3 Å². The lowest BCUT2D eigenvalue weighted by atomic mass is 10.1. The Hall–Kier alpha value is -3.67. The molecule has 0 aliphatic heterocycles. The molecule has 4 heterocycles. The van der Waals surface area contributed by atoms with Crippen LogP contribution < -0.4 is 10.9 Å². The minimum atomic E-state index is -0.157. The largest absolute Gasteiger partial charge is 0.348 e. The zero-order valence-electron chi connectivity index (χ0n) is 14.0. The quantitative estimate of drug-likeness (QED) is 0.453. The van der Waals surface area contributed by atoms with Crippen molar-refractivity contribution < 1.29 is 0 Å². The first-order valence-corrected chi connectivity index (χ1v) is 8.31. The number of fused-ring (bicyclic) bond motifs is 5. The maximum atomic E-state index is 12.1. The third-order valence-electron chi connectivity index (χ3n) is 4.59. The lowest BCUT2D eigenvalue weighted by molar-refractivity contribution is 1.26. The van der Waals surface area contributed by atoms with Gasteiger partial charge in [-0.3, -0.25) is 9.78 Å². The predicted molar refractivity (Wildman–Crippen MR) is 104 cm³/mol. The Balaban J connectivity index is 1.84. The van der Waals surface area contributed by atoms with Crippen LogP contribution in [0.2, 0.25) is 0 Å². The van der Waals surface area contributed by atoms with Crippen molar-refractivity contribution in [3.8, 4) is 0 Å². The smallest absolute Gasteiger partial charge is 0.272 e. The minimum absolute atomic E-state index is 0.157. The number of pyridine rings is 3. The first kappa shape index (κ1) is 14.7. The highest BCUT2D eigenvalue weighted by molar-refractivity contribution is 6.17. The van der Waals surface area contributed by atoms with Crippen LogP contribution in [0.4, 0.5) is 11.5 Å². The van der Waals surface area contributed by atoms with E-state index in [4.69, 9.17) is 4.98 Å². The average Bonchev–Trinajstić information content (AvgIpc) is 3.04. The van der Waals surface area contributed by atoms with Gasteiger partial charge in [-0.05, 0) is 31.2 Å². The van der Waals surface area contributed by atoms with Gasteiger partial charge in [0.15, 0.2) is 0 Å². The van der Waals surface area contributed by atoms with Gasteiger partial charge in [-0.1, -0.05) is 17.7 Å². The number of benzene rings is 1. The Kier molecular flexibility index (Phi) is 3.05. The molecule has 4 aromatic heterocycles. The number of anilines is 2. The maximum Gasteiger partial charge on any atom is 0.272 e. The first-order valence-electron chi connectivity index (χ1n) is 8.31. The van der Waals surface area contributed by atoms with E-state index in [9.17, 15) is 4.79 Å². The third-order valence-corrected chi connectivity index (χ3v) is 4.59. The number of aromatic amines is 2. The average molecular weight is 341 g/mol. The lowest BCUT2D eigenvalue weighted by Crippen LogP contribution is -2.03. The van der Waals surface area contributed by atoms with Gasteiger partial charge in [-0.25, -0.2) is 4.98 Å². The Labute approximate surface area is 147 Å². The number of nitrogens with zero attached hydrogens (tertiary/aromatic N) is 2. The summed E-state index contributed by atoms with van der Waals surface area (Å²) in [5.41, 5.74) is 4.12. The van der Waals surface area contributed by atoms with Crippen LogP contribution in [0.15, 0.2) is 59.8 Å². The van der Waals surface area contributed by atoms with E-state index in [1.165, 1.54) is 5.56 Å². The van der Waals surface area contributed by atoms with Crippen molar-refractivity contribution >= 4 is 44.2 Å². The normalized spacial score (nSPS) is 11.4. The molecule has 6 heteroatoms. The maximum absolute atomic E-state index is 12.1. The van der Waals surface area contributed by atoms with Crippen molar-refractivity contribution in [3.63, 3.8) is 0 Å². The first-order chi connectivity index (χ1) is 12.7. The van der Waals surface area contributed by atoms with Crippen molar-refractivity contribution in [2.75, 3.05) is 5.32 Å². The molecule has 0 bridgehead atoms. The lowest BCUT2D eigenvalue weighted by Gasteiger charge is -2.10. The van der Waals surface area contributed by atoms with Crippen molar-refractivity contribution in [2.45, 2.75) is 6.92 Å². The number of nitrogens with one attached hydrogen (secondary N) is 3. The van der Waals surface area contributed by atoms with Crippen LogP contribution in [0.25, 0.3) is 32.7 Å². The molecule has 126 valence electrons. The van der Waals surface area contributed by atoms with Crippen LogP contribution >= 0.6 is 0 Å². The molecule has 5 aromatic rings. The molecule has 0 atom stereocenters. The predicted octanol–water partition coefficient (Wildman–Crippen LogP) is 4.00. The van der Waals surface area contributed by atoms with E-state index in [-0.39, 0.29) is 5.56 Å². The fourth-order valence-corrected chi connectivity index (χ4v) is 3.27.